The zero-order valence-corrected chi connectivity index (χ0v) is 9.01. The maximum atomic E-state index is 11.3. The average Bonchev–Trinajstić information content (AvgIpc) is 2.32. The van der Waals surface area contributed by atoms with Gasteiger partial charge in [-0.3, -0.25) is 9.78 Å². The van der Waals surface area contributed by atoms with Crippen LogP contribution in [0.3, 0.4) is 0 Å². The number of hydrogen-bond donors (Lipinski definition) is 2. The molecule has 0 spiro atoms. The molecule has 0 radical (unpaired) electrons. The molecule has 0 saturated carbocycles. The number of nitrogens with one attached hydrogen (secondary N) is 2. The van der Waals surface area contributed by atoms with Gasteiger partial charge in [0, 0.05) is 4.88 Å². The van der Waals surface area contributed by atoms with Crippen LogP contribution in [0.4, 0.5) is 0 Å². The molecular weight excluding hydrogens is 256 g/mol. The van der Waals surface area contributed by atoms with Gasteiger partial charge in [0.25, 0.3) is 5.56 Å². The van der Waals surface area contributed by atoms with Crippen molar-refractivity contribution >= 4 is 37.5 Å². The third-order valence-electron chi connectivity index (χ3n) is 1.68. The molecule has 2 aromatic heterocycles. The number of thiophene rings is 1. The molecular formula is C7H5BrN2O2S. The molecule has 2 N–H and O–H groups in total. The molecule has 0 aliphatic rings. The molecule has 68 valence electrons. The molecule has 2 heterocycles. The molecule has 0 aliphatic heterocycles. The summed E-state index contributed by atoms with van der Waals surface area (Å²) in [5.74, 6) is 0. The Morgan fingerprint density at radius 2 is 2.00 bits per heavy atom. The summed E-state index contributed by atoms with van der Waals surface area (Å²) in [5.41, 5.74) is -0.232. The molecule has 0 unspecified atom stereocenters. The normalized spacial score (nSPS) is 10.9. The molecule has 4 nitrogen and oxygen atoms in total. The van der Waals surface area contributed by atoms with E-state index in [0.717, 1.165) is 9.35 Å². The van der Waals surface area contributed by atoms with Crippen LogP contribution in [0.2, 0.25) is 0 Å². The fourth-order valence-electron chi connectivity index (χ4n) is 1.10. The Morgan fingerprint density at radius 1 is 1.31 bits per heavy atom. The van der Waals surface area contributed by atoms with Gasteiger partial charge in [0.2, 0.25) is 0 Å². The minimum Gasteiger partial charge on any atom is -0.305 e. The van der Waals surface area contributed by atoms with Gasteiger partial charge in [-0.05, 0) is 22.9 Å². The number of halogens is 1. The van der Waals surface area contributed by atoms with E-state index in [9.17, 15) is 9.59 Å². The second-order valence-corrected chi connectivity index (χ2v) is 4.60. The third kappa shape index (κ3) is 1.26. The van der Waals surface area contributed by atoms with Crippen molar-refractivity contribution in [2.45, 2.75) is 6.92 Å². The summed E-state index contributed by atoms with van der Waals surface area (Å²) in [6.07, 6.45) is 0. The van der Waals surface area contributed by atoms with Crippen LogP contribution < -0.4 is 11.2 Å². The first-order valence-corrected chi connectivity index (χ1v) is 5.11. The van der Waals surface area contributed by atoms with Crippen LogP contribution in [0.15, 0.2) is 14.1 Å². The minimum absolute atomic E-state index is 0.336. The quantitative estimate of drug-likeness (QED) is 0.751. The predicted octanol–water partition coefficient (Wildman–Crippen LogP) is 1.35. The molecule has 2 rings (SSSR count). The van der Waals surface area contributed by atoms with Crippen molar-refractivity contribution in [1.82, 2.24) is 9.97 Å². The molecule has 0 atom stereocenters. The highest BCUT2D eigenvalue weighted by Gasteiger charge is 2.09. The zero-order chi connectivity index (χ0) is 9.59. The smallest absolute Gasteiger partial charge is 0.305 e. The molecule has 0 amide bonds. The Hall–Kier alpha value is -0.880. The van der Waals surface area contributed by atoms with E-state index in [4.69, 9.17) is 0 Å². The molecule has 0 saturated heterocycles. The minimum atomic E-state index is -0.476. The fraction of sp³-hybridized carbons (Fsp3) is 0.143. The third-order valence-corrected chi connectivity index (χ3v) is 4.04. The monoisotopic (exact) mass is 260 g/mol. The summed E-state index contributed by atoms with van der Waals surface area (Å²) >= 11 is 4.66. The standard InChI is InChI=1S/C7H5BrN2O2S/c1-2-3(8)4-5(13-2)6(11)10-7(12)9-4/h1H3,(H2,9,10,11,12). The molecule has 0 fully saturated rings. The van der Waals surface area contributed by atoms with Gasteiger partial charge < -0.3 is 4.98 Å². The Bertz CT molecular complexity index is 580. The lowest BCUT2D eigenvalue weighted by Gasteiger charge is -1.87. The Kier molecular flexibility index (Phi) is 1.88. The first-order chi connectivity index (χ1) is 6.09. The molecule has 0 bridgehead atoms. The van der Waals surface area contributed by atoms with Crippen molar-refractivity contribution < 1.29 is 0 Å². The molecule has 13 heavy (non-hydrogen) atoms. The van der Waals surface area contributed by atoms with Crippen LogP contribution in [0.5, 0.6) is 0 Å². The van der Waals surface area contributed by atoms with Crippen molar-refractivity contribution in [3.63, 3.8) is 0 Å². The van der Waals surface area contributed by atoms with Gasteiger partial charge in [-0.25, -0.2) is 4.79 Å². The average molecular weight is 261 g/mol. The van der Waals surface area contributed by atoms with E-state index < -0.39 is 5.69 Å². The Balaban J connectivity index is 3.12. The molecule has 2 aromatic rings. The summed E-state index contributed by atoms with van der Waals surface area (Å²) < 4.78 is 1.33. The Labute approximate surface area is 84.7 Å². The molecule has 0 aliphatic carbocycles. The van der Waals surface area contributed by atoms with E-state index in [0.29, 0.717) is 10.2 Å². The van der Waals surface area contributed by atoms with E-state index in [1.807, 2.05) is 6.92 Å². The SMILES string of the molecule is Cc1sc2c(=O)[nH]c(=O)[nH]c2c1Br. The lowest BCUT2D eigenvalue weighted by atomic mass is 10.4. The number of aromatic amines is 2. The van der Waals surface area contributed by atoms with Crippen LogP contribution in [-0.4, -0.2) is 9.97 Å². The van der Waals surface area contributed by atoms with Crippen molar-refractivity contribution in [3.05, 3.63) is 30.2 Å². The highest BCUT2D eigenvalue weighted by Crippen LogP contribution is 2.30. The molecule has 0 aromatic carbocycles. The number of fused-ring (bicyclic) bond motifs is 1. The van der Waals surface area contributed by atoms with Crippen LogP contribution >= 0.6 is 27.3 Å². The summed E-state index contributed by atoms with van der Waals surface area (Å²) in [6.45, 7) is 1.88. The van der Waals surface area contributed by atoms with E-state index in [-0.39, 0.29) is 5.56 Å². The predicted molar refractivity (Wildman–Crippen MR) is 55.5 cm³/mol. The van der Waals surface area contributed by atoms with Crippen molar-refractivity contribution in [3.8, 4) is 0 Å². The zero-order valence-electron chi connectivity index (χ0n) is 6.60. The van der Waals surface area contributed by atoms with E-state index in [1.54, 1.807) is 0 Å². The maximum absolute atomic E-state index is 11.3. The number of aryl methyl sites for hydroxylation is 1. The highest BCUT2D eigenvalue weighted by atomic mass is 79.9. The fourth-order valence-corrected chi connectivity index (χ4v) is 2.67. The summed E-state index contributed by atoms with van der Waals surface area (Å²) in [5, 5.41) is 0. The van der Waals surface area contributed by atoms with Crippen molar-refractivity contribution in [2.24, 2.45) is 0 Å². The summed E-state index contributed by atoms with van der Waals surface area (Å²) in [6, 6.07) is 0. The maximum Gasteiger partial charge on any atom is 0.326 e. The van der Waals surface area contributed by atoms with Crippen LogP contribution in [0, 0.1) is 6.92 Å². The van der Waals surface area contributed by atoms with Crippen molar-refractivity contribution in [2.75, 3.05) is 0 Å². The first-order valence-electron chi connectivity index (χ1n) is 3.51. The number of aromatic nitrogens is 2. The van der Waals surface area contributed by atoms with Crippen LogP contribution in [-0.2, 0) is 0 Å². The summed E-state index contributed by atoms with van der Waals surface area (Å²) in [7, 11) is 0. The van der Waals surface area contributed by atoms with Gasteiger partial charge in [0.05, 0.1) is 9.99 Å². The number of rotatable bonds is 0. The van der Waals surface area contributed by atoms with E-state index in [1.165, 1.54) is 11.3 Å². The lowest BCUT2D eigenvalue weighted by molar-refractivity contribution is 1.09. The van der Waals surface area contributed by atoms with Gasteiger partial charge in [-0.1, -0.05) is 0 Å². The van der Waals surface area contributed by atoms with Crippen LogP contribution in [0.1, 0.15) is 4.88 Å². The number of H-pyrrole nitrogens is 2. The van der Waals surface area contributed by atoms with E-state index >= 15 is 0 Å². The van der Waals surface area contributed by atoms with Gasteiger partial charge in [-0.15, -0.1) is 11.3 Å². The second kappa shape index (κ2) is 2.81. The van der Waals surface area contributed by atoms with E-state index in [2.05, 4.69) is 25.9 Å². The highest BCUT2D eigenvalue weighted by molar-refractivity contribution is 9.10. The second-order valence-electron chi connectivity index (χ2n) is 2.58. The first kappa shape index (κ1) is 8.71. The lowest BCUT2D eigenvalue weighted by Crippen LogP contribution is -2.20. The Morgan fingerprint density at radius 3 is 2.69 bits per heavy atom. The van der Waals surface area contributed by atoms with Gasteiger partial charge in [0.15, 0.2) is 0 Å². The van der Waals surface area contributed by atoms with Gasteiger partial charge in [-0.2, -0.15) is 0 Å². The van der Waals surface area contributed by atoms with Crippen LogP contribution in [0.25, 0.3) is 10.2 Å². The molecule has 6 heteroatoms. The number of hydrogen-bond acceptors (Lipinski definition) is 3. The van der Waals surface area contributed by atoms with Gasteiger partial charge >= 0.3 is 5.69 Å². The topological polar surface area (TPSA) is 65.7 Å². The summed E-state index contributed by atoms with van der Waals surface area (Å²) in [4.78, 5) is 27.9. The largest absolute Gasteiger partial charge is 0.326 e. The van der Waals surface area contributed by atoms with Gasteiger partial charge in [0.1, 0.15) is 4.70 Å². The van der Waals surface area contributed by atoms with Crippen molar-refractivity contribution in [1.29, 1.82) is 0 Å².